The summed E-state index contributed by atoms with van der Waals surface area (Å²) in [6, 6.07) is -0.416. The van der Waals surface area contributed by atoms with Gasteiger partial charge >= 0.3 is 0 Å². The highest BCUT2D eigenvalue weighted by atomic mass is 16.2. The summed E-state index contributed by atoms with van der Waals surface area (Å²) in [5.74, 6) is 2.82. The van der Waals surface area contributed by atoms with Crippen LogP contribution in [-0.4, -0.2) is 18.0 Å². The minimum atomic E-state index is -0.421. The second kappa shape index (κ2) is 6.44. The Bertz CT molecular complexity index is 218. The fourth-order valence-corrected chi connectivity index (χ4v) is 1.19. The fraction of sp³-hybridized carbons (Fsp3) is 0.727. The molecule has 0 aliphatic carbocycles. The maximum absolute atomic E-state index is 11.5. The van der Waals surface area contributed by atoms with E-state index in [1.54, 1.807) is 0 Å². The van der Waals surface area contributed by atoms with E-state index in [2.05, 4.69) is 11.2 Å². The van der Waals surface area contributed by atoms with Crippen molar-refractivity contribution in [3.05, 3.63) is 0 Å². The summed E-state index contributed by atoms with van der Waals surface area (Å²) in [5.41, 5.74) is 5.70. The predicted octanol–water partition coefficient (Wildman–Crippen LogP) is 0.888. The van der Waals surface area contributed by atoms with E-state index in [9.17, 15) is 4.79 Å². The molecule has 0 aliphatic heterocycles. The number of nitrogens with two attached hydrogens (primary N) is 1. The third-order valence-corrected chi connectivity index (χ3v) is 1.87. The Morgan fingerprint density at radius 1 is 1.50 bits per heavy atom. The quantitative estimate of drug-likeness (QED) is 0.642. The predicted molar refractivity (Wildman–Crippen MR) is 58.5 cm³/mol. The van der Waals surface area contributed by atoms with Crippen molar-refractivity contribution in [2.75, 3.05) is 0 Å². The number of carbonyl (C=O) groups excluding carboxylic acids is 1. The van der Waals surface area contributed by atoms with Gasteiger partial charge in [-0.2, -0.15) is 0 Å². The second-order valence-electron chi connectivity index (χ2n) is 4.05. The molecule has 0 spiro atoms. The Balaban J connectivity index is 3.90. The fourth-order valence-electron chi connectivity index (χ4n) is 1.19. The first-order valence-electron chi connectivity index (χ1n) is 4.96. The highest BCUT2D eigenvalue weighted by molar-refractivity contribution is 5.81. The van der Waals surface area contributed by atoms with Crippen LogP contribution in [0.3, 0.4) is 0 Å². The Hall–Kier alpha value is -1.01. The zero-order chi connectivity index (χ0) is 11.1. The van der Waals surface area contributed by atoms with Gasteiger partial charge in [-0.25, -0.2) is 0 Å². The van der Waals surface area contributed by atoms with Gasteiger partial charge in [-0.3, -0.25) is 4.79 Å². The number of hydrogen-bond acceptors (Lipinski definition) is 2. The average Bonchev–Trinajstić information content (AvgIpc) is 2.02. The molecule has 3 N–H and O–H groups in total. The van der Waals surface area contributed by atoms with Gasteiger partial charge in [0.15, 0.2) is 0 Å². The molecule has 0 aromatic rings. The summed E-state index contributed by atoms with van der Waals surface area (Å²) in [6.07, 6.45) is 6.37. The Morgan fingerprint density at radius 2 is 2.07 bits per heavy atom. The lowest BCUT2D eigenvalue weighted by molar-refractivity contribution is -0.123. The number of rotatable bonds is 5. The third kappa shape index (κ3) is 5.60. The molecule has 0 aromatic carbocycles. The molecule has 14 heavy (non-hydrogen) atoms. The van der Waals surface area contributed by atoms with Crippen LogP contribution < -0.4 is 11.1 Å². The number of terminal acetylenes is 1. The van der Waals surface area contributed by atoms with E-state index in [0.717, 1.165) is 0 Å². The van der Waals surface area contributed by atoms with Crippen LogP contribution in [0.1, 0.15) is 33.6 Å². The summed E-state index contributed by atoms with van der Waals surface area (Å²) in [6.45, 7) is 5.95. The molecule has 1 amide bonds. The van der Waals surface area contributed by atoms with Crippen LogP contribution in [0.5, 0.6) is 0 Å². The number of carbonyl (C=O) groups is 1. The van der Waals surface area contributed by atoms with Crippen molar-refractivity contribution < 1.29 is 4.79 Å². The van der Waals surface area contributed by atoms with E-state index >= 15 is 0 Å². The van der Waals surface area contributed by atoms with Crippen LogP contribution >= 0.6 is 0 Å². The summed E-state index contributed by atoms with van der Waals surface area (Å²) < 4.78 is 0. The molecule has 0 radical (unpaired) electrons. The number of hydrogen-bond donors (Lipinski definition) is 2. The molecule has 0 rings (SSSR count). The molecule has 3 heteroatoms. The number of nitrogens with one attached hydrogen (secondary N) is 1. The van der Waals surface area contributed by atoms with Gasteiger partial charge in [0.1, 0.15) is 0 Å². The second-order valence-corrected chi connectivity index (χ2v) is 4.05. The van der Waals surface area contributed by atoms with Gasteiger partial charge in [0.25, 0.3) is 0 Å². The maximum atomic E-state index is 11.5. The molecule has 0 saturated carbocycles. The van der Waals surface area contributed by atoms with Crippen molar-refractivity contribution in [3.8, 4) is 12.3 Å². The lowest BCUT2D eigenvalue weighted by atomic mass is 10.0. The minimum Gasteiger partial charge on any atom is -0.351 e. The first-order chi connectivity index (χ1) is 6.47. The minimum absolute atomic E-state index is 0.00529. The molecule has 2 atom stereocenters. The summed E-state index contributed by atoms with van der Waals surface area (Å²) in [5, 5.41) is 2.78. The first kappa shape index (κ1) is 13.0. The summed E-state index contributed by atoms with van der Waals surface area (Å²) in [4.78, 5) is 11.5. The average molecular weight is 196 g/mol. The van der Waals surface area contributed by atoms with Gasteiger partial charge in [-0.05, 0) is 19.3 Å². The van der Waals surface area contributed by atoms with E-state index < -0.39 is 6.04 Å². The lowest BCUT2D eigenvalue weighted by Gasteiger charge is -2.17. The summed E-state index contributed by atoms with van der Waals surface area (Å²) in [7, 11) is 0. The normalized spacial score (nSPS) is 14.6. The summed E-state index contributed by atoms with van der Waals surface area (Å²) >= 11 is 0. The van der Waals surface area contributed by atoms with E-state index in [0.29, 0.717) is 18.8 Å². The molecular weight excluding hydrogens is 176 g/mol. The van der Waals surface area contributed by atoms with Crippen LogP contribution in [-0.2, 0) is 4.79 Å². The molecular formula is C11H20N2O. The number of amides is 1. The Kier molecular flexibility index (Phi) is 5.98. The van der Waals surface area contributed by atoms with Crippen LogP contribution in [0.2, 0.25) is 0 Å². The van der Waals surface area contributed by atoms with Gasteiger partial charge in [-0.15, -0.1) is 12.3 Å². The van der Waals surface area contributed by atoms with Crippen molar-refractivity contribution >= 4 is 5.91 Å². The Labute approximate surface area is 86.4 Å². The highest BCUT2D eigenvalue weighted by Gasteiger charge is 2.16. The molecule has 0 aliphatic rings. The molecule has 0 aromatic heterocycles. The SMILES string of the molecule is C#CCC(C)NC(=O)[C@@H](N)CC(C)C. The molecule has 80 valence electrons. The van der Waals surface area contributed by atoms with Gasteiger partial charge in [-0.1, -0.05) is 13.8 Å². The molecule has 0 heterocycles. The molecule has 0 bridgehead atoms. The van der Waals surface area contributed by atoms with Crippen LogP contribution in [0.4, 0.5) is 0 Å². The van der Waals surface area contributed by atoms with Gasteiger partial charge in [0, 0.05) is 12.5 Å². The first-order valence-corrected chi connectivity index (χ1v) is 4.96. The standard InChI is InChI=1S/C11H20N2O/c1-5-6-9(4)13-11(14)10(12)7-8(2)3/h1,8-10H,6-7,12H2,2-4H3,(H,13,14)/t9?,10-/m0/s1. The van der Waals surface area contributed by atoms with Crippen LogP contribution in [0.15, 0.2) is 0 Å². The van der Waals surface area contributed by atoms with E-state index in [1.807, 2.05) is 20.8 Å². The molecule has 3 nitrogen and oxygen atoms in total. The highest BCUT2D eigenvalue weighted by Crippen LogP contribution is 2.03. The van der Waals surface area contributed by atoms with Gasteiger partial charge < -0.3 is 11.1 Å². The monoisotopic (exact) mass is 196 g/mol. The van der Waals surface area contributed by atoms with Gasteiger partial charge in [0.2, 0.25) is 5.91 Å². The van der Waals surface area contributed by atoms with Crippen LogP contribution in [0.25, 0.3) is 0 Å². The van der Waals surface area contributed by atoms with Crippen molar-refractivity contribution in [1.29, 1.82) is 0 Å². The Morgan fingerprint density at radius 3 is 2.50 bits per heavy atom. The molecule has 1 unspecified atom stereocenters. The zero-order valence-corrected chi connectivity index (χ0v) is 9.21. The smallest absolute Gasteiger partial charge is 0.237 e. The van der Waals surface area contributed by atoms with Crippen molar-refractivity contribution in [3.63, 3.8) is 0 Å². The topological polar surface area (TPSA) is 55.1 Å². The molecule has 0 saturated heterocycles. The van der Waals surface area contributed by atoms with Gasteiger partial charge in [0.05, 0.1) is 6.04 Å². The van der Waals surface area contributed by atoms with Crippen LogP contribution in [0, 0.1) is 18.3 Å². The van der Waals surface area contributed by atoms with E-state index in [-0.39, 0.29) is 11.9 Å². The van der Waals surface area contributed by atoms with E-state index in [4.69, 9.17) is 12.2 Å². The lowest BCUT2D eigenvalue weighted by Crippen LogP contribution is -2.44. The largest absolute Gasteiger partial charge is 0.351 e. The van der Waals surface area contributed by atoms with E-state index in [1.165, 1.54) is 0 Å². The third-order valence-electron chi connectivity index (χ3n) is 1.87. The molecule has 0 fully saturated rings. The van der Waals surface area contributed by atoms with Crippen molar-refractivity contribution in [2.24, 2.45) is 11.7 Å². The van der Waals surface area contributed by atoms with Crippen molar-refractivity contribution in [1.82, 2.24) is 5.32 Å². The zero-order valence-electron chi connectivity index (χ0n) is 9.21. The maximum Gasteiger partial charge on any atom is 0.237 e. The van der Waals surface area contributed by atoms with Crippen molar-refractivity contribution in [2.45, 2.75) is 45.7 Å².